The van der Waals surface area contributed by atoms with Gasteiger partial charge in [0.2, 0.25) is 0 Å². The van der Waals surface area contributed by atoms with Crippen molar-refractivity contribution >= 4 is 46.2 Å². The molecule has 1 aromatic heterocycles. The van der Waals surface area contributed by atoms with Gasteiger partial charge in [-0.05, 0) is 60.7 Å². The molecule has 116 valence electrons. The Kier molecular flexibility index (Phi) is 4.69. The van der Waals surface area contributed by atoms with Crippen molar-refractivity contribution < 1.29 is 9.21 Å². The lowest BCUT2D eigenvalue weighted by molar-refractivity contribution is -0.115. The Bertz CT molecular complexity index is 823. The number of allylic oxidation sites excluding steroid dienone is 2. The number of nitrogens with zero attached hydrogens (tertiary/aromatic N) is 1. The van der Waals surface area contributed by atoms with E-state index in [-0.39, 0.29) is 5.91 Å². The fourth-order valence-electron chi connectivity index (χ4n) is 1.94. The van der Waals surface area contributed by atoms with Crippen molar-refractivity contribution in [2.24, 2.45) is 4.99 Å². The third kappa shape index (κ3) is 3.75. The normalized spacial score (nSPS) is 18.3. The van der Waals surface area contributed by atoms with Gasteiger partial charge in [-0.25, -0.2) is 4.99 Å². The maximum Gasteiger partial charge on any atom is 0.264 e. The zero-order valence-corrected chi connectivity index (χ0v) is 13.8. The van der Waals surface area contributed by atoms with Gasteiger partial charge < -0.3 is 9.73 Å². The molecular formula is C17H13ClN2O2S. The van der Waals surface area contributed by atoms with Gasteiger partial charge >= 0.3 is 0 Å². The second-order valence-corrected chi connectivity index (χ2v) is 6.20. The number of thioether (sulfide) groups is 1. The summed E-state index contributed by atoms with van der Waals surface area (Å²) in [6, 6.07) is 9.15. The number of furan rings is 1. The number of rotatable bonds is 3. The Morgan fingerprint density at radius 3 is 2.96 bits per heavy atom. The van der Waals surface area contributed by atoms with E-state index in [1.165, 1.54) is 11.8 Å². The minimum absolute atomic E-state index is 0.169. The first-order valence-corrected chi connectivity index (χ1v) is 8.08. The summed E-state index contributed by atoms with van der Waals surface area (Å²) in [5.74, 6) is 0.561. The first-order chi connectivity index (χ1) is 11.1. The molecule has 1 amide bonds. The van der Waals surface area contributed by atoms with Crippen LogP contribution in [0.5, 0.6) is 0 Å². The molecule has 0 saturated carbocycles. The molecule has 0 atom stereocenters. The van der Waals surface area contributed by atoms with Crippen LogP contribution in [0.25, 0.3) is 6.08 Å². The van der Waals surface area contributed by atoms with Crippen LogP contribution in [0.1, 0.15) is 11.3 Å². The van der Waals surface area contributed by atoms with Gasteiger partial charge in [0.1, 0.15) is 5.76 Å². The van der Waals surface area contributed by atoms with Crippen molar-refractivity contribution in [2.75, 3.05) is 0 Å². The van der Waals surface area contributed by atoms with Gasteiger partial charge in [0, 0.05) is 5.02 Å². The maximum absolute atomic E-state index is 12.0. The van der Waals surface area contributed by atoms with Crippen LogP contribution in [0.3, 0.4) is 0 Å². The summed E-state index contributed by atoms with van der Waals surface area (Å²) in [5.41, 5.74) is 1.62. The Morgan fingerprint density at radius 1 is 1.30 bits per heavy atom. The molecule has 6 heteroatoms. The monoisotopic (exact) mass is 344 g/mol. The molecular weight excluding hydrogens is 332 g/mol. The Labute approximate surface area is 142 Å². The summed E-state index contributed by atoms with van der Waals surface area (Å²) < 4.78 is 5.19. The van der Waals surface area contributed by atoms with E-state index in [1.54, 1.807) is 24.5 Å². The molecule has 0 aliphatic carbocycles. The summed E-state index contributed by atoms with van der Waals surface area (Å²) in [4.78, 5) is 17.0. The van der Waals surface area contributed by atoms with E-state index in [0.717, 1.165) is 17.0 Å². The van der Waals surface area contributed by atoms with Gasteiger partial charge in [0.25, 0.3) is 5.91 Å². The van der Waals surface area contributed by atoms with E-state index < -0.39 is 0 Å². The highest BCUT2D eigenvalue weighted by molar-refractivity contribution is 8.18. The summed E-state index contributed by atoms with van der Waals surface area (Å²) in [7, 11) is 0. The van der Waals surface area contributed by atoms with E-state index in [2.05, 4.69) is 10.3 Å². The predicted octanol–water partition coefficient (Wildman–Crippen LogP) is 4.69. The van der Waals surface area contributed by atoms with Gasteiger partial charge in [-0.1, -0.05) is 23.7 Å². The average molecular weight is 345 g/mol. The molecule has 0 spiro atoms. The average Bonchev–Trinajstić information content (AvgIpc) is 3.15. The molecule has 0 unspecified atom stereocenters. The summed E-state index contributed by atoms with van der Waals surface area (Å²) in [6.07, 6.45) is 6.89. The lowest BCUT2D eigenvalue weighted by Gasteiger charge is -2.02. The number of hydrogen-bond acceptors (Lipinski definition) is 4. The van der Waals surface area contributed by atoms with Crippen LogP contribution < -0.4 is 5.32 Å². The summed E-state index contributed by atoms with van der Waals surface area (Å²) >= 11 is 7.37. The van der Waals surface area contributed by atoms with Gasteiger partial charge in [-0.15, -0.1) is 0 Å². The van der Waals surface area contributed by atoms with Crippen LogP contribution in [0.2, 0.25) is 5.02 Å². The number of hydrogen-bond donors (Lipinski definition) is 1. The minimum atomic E-state index is -0.169. The highest BCUT2D eigenvalue weighted by Crippen LogP contribution is 2.30. The quantitative estimate of drug-likeness (QED) is 0.822. The van der Waals surface area contributed by atoms with Crippen LogP contribution in [0.4, 0.5) is 5.69 Å². The van der Waals surface area contributed by atoms with Crippen LogP contribution in [0, 0.1) is 6.92 Å². The van der Waals surface area contributed by atoms with Crippen molar-refractivity contribution in [3.8, 4) is 0 Å². The number of aliphatic imine (C=N–C) groups is 1. The topological polar surface area (TPSA) is 54.6 Å². The number of carbonyl (C=O) groups is 1. The summed E-state index contributed by atoms with van der Waals surface area (Å²) in [5, 5.41) is 3.94. The van der Waals surface area contributed by atoms with Crippen molar-refractivity contribution in [3.05, 3.63) is 70.0 Å². The highest BCUT2D eigenvalue weighted by atomic mass is 35.5. The largest absolute Gasteiger partial charge is 0.465 e. The fraction of sp³-hybridized carbons (Fsp3) is 0.0588. The highest BCUT2D eigenvalue weighted by Gasteiger charge is 2.23. The zero-order chi connectivity index (χ0) is 16.2. The second kappa shape index (κ2) is 6.89. The molecule has 1 aromatic carbocycles. The Morgan fingerprint density at radius 2 is 2.17 bits per heavy atom. The fourth-order valence-corrected chi connectivity index (χ4v) is 2.89. The van der Waals surface area contributed by atoms with Gasteiger partial charge in [0.05, 0.1) is 16.9 Å². The molecule has 1 N–H and O–H groups in total. The SMILES string of the molecule is Cc1c(Cl)cccc1N=C1NC(=O)/C(=C\C=C\c2ccco2)S1. The molecule has 2 aromatic rings. The molecule has 1 fully saturated rings. The van der Waals surface area contributed by atoms with Gasteiger partial charge in [0.15, 0.2) is 5.17 Å². The number of benzene rings is 1. The van der Waals surface area contributed by atoms with Crippen LogP contribution >= 0.6 is 23.4 Å². The third-order valence-electron chi connectivity index (χ3n) is 3.16. The van der Waals surface area contributed by atoms with Gasteiger partial charge in [-0.2, -0.15) is 0 Å². The van der Waals surface area contributed by atoms with E-state index in [4.69, 9.17) is 16.0 Å². The second-order valence-electron chi connectivity index (χ2n) is 4.76. The molecule has 1 aliphatic rings. The summed E-state index contributed by atoms with van der Waals surface area (Å²) in [6.45, 7) is 1.89. The maximum atomic E-state index is 12.0. The van der Waals surface area contributed by atoms with Gasteiger partial charge in [-0.3, -0.25) is 4.79 Å². The number of amides is 1. The number of carbonyl (C=O) groups excluding carboxylic acids is 1. The molecule has 2 heterocycles. The van der Waals surface area contributed by atoms with Crippen LogP contribution in [-0.4, -0.2) is 11.1 Å². The third-order valence-corrected chi connectivity index (χ3v) is 4.50. The van der Waals surface area contributed by atoms with E-state index >= 15 is 0 Å². The first kappa shape index (κ1) is 15.6. The van der Waals surface area contributed by atoms with Crippen LogP contribution in [-0.2, 0) is 4.79 Å². The smallest absolute Gasteiger partial charge is 0.264 e. The lowest BCUT2D eigenvalue weighted by Crippen LogP contribution is -2.19. The molecule has 0 radical (unpaired) electrons. The van der Waals surface area contributed by atoms with Crippen LogP contribution in [0.15, 0.2) is 63.1 Å². The van der Waals surface area contributed by atoms with Crippen molar-refractivity contribution in [1.82, 2.24) is 5.32 Å². The van der Waals surface area contributed by atoms with E-state index in [0.29, 0.717) is 15.1 Å². The Hall–Kier alpha value is -2.24. The predicted molar refractivity (Wildman–Crippen MR) is 94.8 cm³/mol. The first-order valence-electron chi connectivity index (χ1n) is 6.88. The van der Waals surface area contributed by atoms with Crippen molar-refractivity contribution in [3.63, 3.8) is 0 Å². The standard InChI is InChI=1S/C17H13ClN2O2S/c1-11-13(18)7-3-8-14(11)19-17-20-16(21)15(23-17)9-2-5-12-6-4-10-22-12/h2-10H,1H3,(H,19,20,21)/b5-2+,15-9+. The van der Waals surface area contributed by atoms with E-state index in [1.807, 2.05) is 37.3 Å². The molecule has 0 bridgehead atoms. The van der Waals surface area contributed by atoms with Crippen molar-refractivity contribution in [2.45, 2.75) is 6.92 Å². The lowest BCUT2D eigenvalue weighted by atomic mass is 10.2. The Balaban J connectivity index is 1.77. The van der Waals surface area contributed by atoms with Crippen molar-refractivity contribution in [1.29, 1.82) is 0 Å². The minimum Gasteiger partial charge on any atom is -0.465 e. The molecule has 4 nitrogen and oxygen atoms in total. The molecule has 1 aliphatic heterocycles. The molecule has 3 rings (SSSR count). The number of nitrogens with one attached hydrogen (secondary N) is 1. The number of halogens is 1. The molecule has 23 heavy (non-hydrogen) atoms. The molecule has 1 saturated heterocycles. The number of amidine groups is 1. The van der Waals surface area contributed by atoms with E-state index in [9.17, 15) is 4.79 Å². The zero-order valence-electron chi connectivity index (χ0n) is 12.2.